The summed E-state index contributed by atoms with van der Waals surface area (Å²) in [5, 5.41) is 11.4. The highest BCUT2D eigenvalue weighted by Gasteiger charge is 2.29. The van der Waals surface area contributed by atoms with Crippen molar-refractivity contribution >= 4 is 17.7 Å². The molecule has 0 aliphatic heterocycles. The average molecular weight is 389 g/mol. The van der Waals surface area contributed by atoms with Crippen LogP contribution in [0.15, 0.2) is 72.8 Å². The lowest BCUT2D eigenvalue weighted by Gasteiger charge is -2.15. The molecule has 0 bridgehead atoms. The highest BCUT2D eigenvalue weighted by Crippen LogP contribution is 2.44. The summed E-state index contributed by atoms with van der Waals surface area (Å²) in [6.07, 6.45) is -0.627. The van der Waals surface area contributed by atoms with Crippen LogP contribution in [0.2, 0.25) is 0 Å². The molecule has 1 aliphatic rings. The Hall–Kier alpha value is -3.80. The summed E-state index contributed by atoms with van der Waals surface area (Å²) in [5.41, 5.74) is 4.93. The minimum atomic E-state index is -1.10. The fourth-order valence-electron chi connectivity index (χ4n) is 3.58. The quantitative estimate of drug-likeness (QED) is 0.648. The van der Waals surface area contributed by atoms with Crippen molar-refractivity contribution < 1.29 is 24.2 Å². The Morgan fingerprint density at radius 1 is 0.862 bits per heavy atom. The zero-order valence-corrected chi connectivity index (χ0v) is 15.5. The van der Waals surface area contributed by atoms with Gasteiger partial charge in [-0.05, 0) is 34.4 Å². The van der Waals surface area contributed by atoms with Crippen molar-refractivity contribution in [2.75, 3.05) is 18.5 Å². The van der Waals surface area contributed by atoms with Crippen molar-refractivity contribution in [3.63, 3.8) is 0 Å². The number of carbonyl (C=O) groups excluding carboxylic acids is 1. The molecular weight excluding hydrogens is 370 g/mol. The van der Waals surface area contributed by atoms with Crippen LogP contribution in [0.25, 0.3) is 11.1 Å². The number of aliphatic carboxylic acids is 1. The number of benzene rings is 3. The third-order valence-corrected chi connectivity index (χ3v) is 4.82. The molecule has 2 N–H and O–H groups in total. The number of anilines is 1. The average Bonchev–Trinajstić information content (AvgIpc) is 3.05. The number of ether oxygens (including phenoxy) is 2. The molecule has 0 unspecified atom stereocenters. The van der Waals surface area contributed by atoms with E-state index in [4.69, 9.17) is 14.6 Å². The van der Waals surface area contributed by atoms with Crippen LogP contribution in [0.3, 0.4) is 0 Å². The molecule has 1 aliphatic carbocycles. The molecule has 29 heavy (non-hydrogen) atoms. The van der Waals surface area contributed by atoms with Crippen LogP contribution in [-0.4, -0.2) is 30.4 Å². The zero-order valence-electron chi connectivity index (χ0n) is 15.5. The Morgan fingerprint density at radius 3 is 2.10 bits per heavy atom. The monoisotopic (exact) mass is 389 g/mol. The SMILES string of the molecule is O=C(O)COc1ccccc1NC(=O)OCC1c2ccccc2-c2ccccc21. The summed E-state index contributed by atoms with van der Waals surface area (Å²) in [5.74, 6) is -0.865. The van der Waals surface area contributed by atoms with Gasteiger partial charge in [-0.1, -0.05) is 60.7 Å². The number of nitrogens with one attached hydrogen (secondary N) is 1. The highest BCUT2D eigenvalue weighted by molar-refractivity contribution is 5.87. The van der Waals surface area contributed by atoms with E-state index in [0.29, 0.717) is 5.69 Å². The first-order chi connectivity index (χ1) is 14.1. The van der Waals surface area contributed by atoms with E-state index in [-0.39, 0.29) is 18.3 Å². The molecule has 6 heteroatoms. The first kappa shape index (κ1) is 18.6. The van der Waals surface area contributed by atoms with Crippen molar-refractivity contribution in [1.29, 1.82) is 0 Å². The zero-order chi connectivity index (χ0) is 20.2. The molecule has 0 fully saturated rings. The van der Waals surface area contributed by atoms with E-state index in [0.717, 1.165) is 22.3 Å². The molecule has 0 aromatic heterocycles. The van der Waals surface area contributed by atoms with E-state index in [1.165, 1.54) is 0 Å². The predicted octanol–water partition coefficient (Wildman–Crippen LogP) is 4.51. The number of hydrogen-bond acceptors (Lipinski definition) is 4. The lowest BCUT2D eigenvalue weighted by Crippen LogP contribution is -2.19. The summed E-state index contributed by atoms with van der Waals surface area (Å²) < 4.78 is 10.7. The summed E-state index contributed by atoms with van der Waals surface area (Å²) >= 11 is 0. The second-order valence-corrected chi connectivity index (χ2v) is 6.63. The summed E-state index contributed by atoms with van der Waals surface area (Å²) in [6, 6.07) is 22.8. The van der Waals surface area contributed by atoms with Gasteiger partial charge in [0.2, 0.25) is 0 Å². The van der Waals surface area contributed by atoms with Crippen molar-refractivity contribution in [1.82, 2.24) is 0 Å². The molecule has 6 nitrogen and oxygen atoms in total. The van der Waals surface area contributed by atoms with Gasteiger partial charge in [0.15, 0.2) is 6.61 Å². The molecule has 3 aromatic carbocycles. The molecule has 0 atom stereocenters. The minimum Gasteiger partial charge on any atom is -0.480 e. The summed E-state index contributed by atoms with van der Waals surface area (Å²) in [4.78, 5) is 23.1. The molecule has 146 valence electrons. The van der Waals surface area contributed by atoms with Gasteiger partial charge in [0.1, 0.15) is 12.4 Å². The van der Waals surface area contributed by atoms with Gasteiger partial charge in [-0.3, -0.25) is 5.32 Å². The van der Waals surface area contributed by atoms with E-state index in [2.05, 4.69) is 29.6 Å². The number of carbonyl (C=O) groups is 2. The van der Waals surface area contributed by atoms with E-state index in [1.807, 2.05) is 24.3 Å². The maximum Gasteiger partial charge on any atom is 0.411 e. The maximum atomic E-state index is 12.4. The Balaban J connectivity index is 1.45. The van der Waals surface area contributed by atoms with Crippen molar-refractivity contribution in [2.24, 2.45) is 0 Å². The molecule has 1 amide bonds. The second kappa shape index (κ2) is 8.06. The second-order valence-electron chi connectivity index (χ2n) is 6.63. The van der Waals surface area contributed by atoms with E-state index in [9.17, 15) is 9.59 Å². The summed E-state index contributed by atoms with van der Waals surface area (Å²) in [7, 11) is 0. The smallest absolute Gasteiger partial charge is 0.411 e. The highest BCUT2D eigenvalue weighted by atomic mass is 16.5. The Kier molecular flexibility index (Phi) is 5.16. The Labute approximate surface area is 167 Å². The molecule has 0 saturated carbocycles. The normalized spacial score (nSPS) is 12.0. The first-order valence-corrected chi connectivity index (χ1v) is 9.19. The number of para-hydroxylation sites is 2. The van der Waals surface area contributed by atoms with Crippen LogP contribution < -0.4 is 10.1 Å². The predicted molar refractivity (Wildman–Crippen MR) is 108 cm³/mol. The largest absolute Gasteiger partial charge is 0.480 e. The number of fused-ring (bicyclic) bond motifs is 3. The van der Waals surface area contributed by atoms with Crippen LogP contribution in [0.1, 0.15) is 17.0 Å². The van der Waals surface area contributed by atoms with Crippen molar-refractivity contribution in [3.05, 3.63) is 83.9 Å². The van der Waals surface area contributed by atoms with E-state index in [1.54, 1.807) is 24.3 Å². The van der Waals surface area contributed by atoms with Gasteiger partial charge in [0.05, 0.1) is 5.69 Å². The van der Waals surface area contributed by atoms with Gasteiger partial charge in [-0.2, -0.15) is 0 Å². The van der Waals surface area contributed by atoms with E-state index >= 15 is 0 Å². The summed E-state index contributed by atoms with van der Waals surface area (Å²) in [6.45, 7) is -0.304. The third kappa shape index (κ3) is 3.91. The van der Waals surface area contributed by atoms with Gasteiger partial charge in [-0.15, -0.1) is 0 Å². The number of rotatable bonds is 6. The fraction of sp³-hybridized carbons (Fsp3) is 0.130. The standard InChI is InChI=1S/C23H19NO5/c25-22(26)14-28-21-12-6-5-11-20(21)24-23(27)29-13-19-17-9-3-1-7-15(17)16-8-2-4-10-18(16)19/h1-12,19H,13-14H2,(H,24,27)(H,25,26). The minimum absolute atomic E-state index is 0.0355. The van der Waals surface area contributed by atoms with Crippen LogP contribution in [0.5, 0.6) is 5.75 Å². The number of carboxylic acids is 1. The van der Waals surface area contributed by atoms with E-state index < -0.39 is 18.7 Å². The molecule has 0 radical (unpaired) electrons. The third-order valence-electron chi connectivity index (χ3n) is 4.82. The van der Waals surface area contributed by atoms with Crippen LogP contribution in [0.4, 0.5) is 10.5 Å². The first-order valence-electron chi connectivity index (χ1n) is 9.19. The molecule has 0 saturated heterocycles. The molecular formula is C23H19NO5. The number of amides is 1. The lowest BCUT2D eigenvalue weighted by molar-refractivity contribution is -0.139. The van der Waals surface area contributed by atoms with Gasteiger partial charge in [0.25, 0.3) is 0 Å². The molecule has 0 spiro atoms. The fourth-order valence-corrected chi connectivity index (χ4v) is 3.58. The van der Waals surface area contributed by atoms with Crippen LogP contribution >= 0.6 is 0 Å². The number of hydrogen-bond donors (Lipinski definition) is 2. The Morgan fingerprint density at radius 2 is 1.45 bits per heavy atom. The lowest BCUT2D eigenvalue weighted by atomic mass is 9.98. The van der Waals surface area contributed by atoms with Gasteiger partial charge in [0, 0.05) is 5.92 Å². The van der Waals surface area contributed by atoms with Crippen LogP contribution in [-0.2, 0) is 9.53 Å². The molecule has 0 heterocycles. The van der Waals surface area contributed by atoms with Gasteiger partial charge < -0.3 is 14.6 Å². The van der Waals surface area contributed by atoms with Gasteiger partial charge in [-0.25, -0.2) is 9.59 Å². The van der Waals surface area contributed by atoms with Gasteiger partial charge >= 0.3 is 12.1 Å². The Bertz CT molecular complexity index is 1020. The number of carboxylic acid groups (broad SMARTS) is 1. The maximum absolute atomic E-state index is 12.4. The van der Waals surface area contributed by atoms with Crippen LogP contribution in [0, 0.1) is 0 Å². The topological polar surface area (TPSA) is 84.9 Å². The molecule has 3 aromatic rings. The molecule has 4 rings (SSSR count). The van der Waals surface area contributed by atoms with Crippen molar-refractivity contribution in [2.45, 2.75) is 5.92 Å². The van der Waals surface area contributed by atoms with Crippen molar-refractivity contribution in [3.8, 4) is 16.9 Å².